The van der Waals surface area contributed by atoms with Gasteiger partial charge in [0, 0.05) is 12.1 Å². The van der Waals surface area contributed by atoms with Crippen LogP contribution < -0.4 is 0 Å². The molecule has 0 atom stereocenters. The van der Waals surface area contributed by atoms with Gasteiger partial charge in [-0.3, -0.25) is 4.79 Å². The molecule has 1 rings (SSSR count). The molecule has 3 nitrogen and oxygen atoms in total. The lowest BCUT2D eigenvalue weighted by Crippen LogP contribution is -1.98. The van der Waals surface area contributed by atoms with Crippen LogP contribution in [0.1, 0.15) is 23.2 Å². The minimum Gasteiger partial charge on any atom is -0.481 e. The highest BCUT2D eigenvalue weighted by atomic mass is 16.4. The summed E-state index contributed by atoms with van der Waals surface area (Å²) in [4.78, 5) is 13.2. The molecule has 0 bridgehead atoms. The second kappa shape index (κ2) is 3.43. The fraction of sp³-hybridized carbons (Fsp3) is 0.444. The smallest absolute Gasteiger partial charge is 0.303 e. The lowest BCUT2D eigenvalue weighted by molar-refractivity contribution is -0.136. The zero-order chi connectivity index (χ0) is 9.14. The van der Waals surface area contributed by atoms with E-state index >= 15 is 0 Å². The summed E-state index contributed by atoms with van der Waals surface area (Å²) in [5, 5.41) is 8.47. The first-order chi connectivity index (χ1) is 5.61. The van der Waals surface area contributed by atoms with Crippen LogP contribution in [0.5, 0.6) is 0 Å². The summed E-state index contributed by atoms with van der Waals surface area (Å²) in [6, 6.07) is 0. The van der Waals surface area contributed by atoms with Crippen LogP contribution in [-0.2, 0) is 11.2 Å². The zero-order valence-electron chi connectivity index (χ0n) is 7.27. The molecule has 1 aromatic heterocycles. The second-order valence-electron chi connectivity index (χ2n) is 2.87. The molecule has 0 fully saturated rings. The standard InChI is InChI=1S/C9H12NO2/c1-6-5-10-7(2)8(6)3-4-9(11)12/h10H,3-4H2,1-2H3,(H,11,12). The maximum Gasteiger partial charge on any atom is 0.303 e. The van der Waals surface area contributed by atoms with Gasteiger partial charge in [0.05, 0.1) is 6.20 Å². The zero-order valence-corrected chi connectivity index (χ0v) is 7.27. The number of hydrogen-bond acceptors (Lipinski definition) is 1. The Labute approximate surface area is 71.4 Å². The highest BCUT2D eigenvalue weighted by Crippen LogP contribution is 2.13. The maximum atomic E-state index is 10.3. The molecule has 1 aromatic rings. The van der Waals surface area contributed by atoms with Crippen LogP contribution in [0.3, 0.4) is 0 Å². The van der Waals surface area contributed by atoms with Gasteiger partial charge in [-0.05, 0) is 31.4 Å². The van der Waals surface area contributed by atoms with E-state index in [0.29, 0.717) is 6.42 Å². The quantitative estimate of drug-likeness (QED) is 0.714. The van der Waals surface area contributed by atoms with Gasteiger partial charge in [-0.1, -0.05) is 0 Å². The van der Waals surface area contributed by atoms with Gasteiger partial charge < -0.3 is 10.1 Å². The van der Waals surface area contributed by atoms with Crippen LogP contribution in [0.15, 0.2) is 0 Å². The summed E-state index contributed by atoms with van der Waals surface area (Å²) in [5.74, 6) is -0.755. The van der Waals surface area contributed by atoms with E-state index in [0.717, 1.165) is 16.8 Å². The van der Waals surface area contributed by atoms with E-state index in [9.17, 15) is 4.79 Å². The Kier molecular flexibility index (Phi) is 2.53. The Balaban J connectivity index is 2.68. The Morgan fingerprint density at radius 2 is 2.25 bits per heavy atom. The summed E-state index contributed by atoms with van der Waals surface area (Å²) < 4.78 is 0. The van der Waals surface area contributed by atoms with Crippen LogP contribution in [0.4, 0.5) is 0 Å². The van der Waals surface area contributed by atoms with E-state index in [1.165, 1.54) is 0 Å². The highest BCUT2D eigenvalue weighted by Gasteiger charge is 2.06. The minimum absolute atomic E-state index is 0.188. The molecule has 65 valence electrons. The number of aromatic amines is 1. The normalized spacial score (nSPS) is 10.2. The highest BCUT2D eigenvalue weighted by molar-refractivity contribution is 5.67. The van der Waals surface area contributed by atoms with Gasteiger partial charge in [-0.2, -0.15) is 0 Å². The number of nitrogens with one attached hydrogen (secondary N) is 1. The van der Waals surface area contributed by atoms with Crippen molar-refractivity contribution in [3.63, 3.8) is 0 Å². The fourth-order valence-electron chi connectivity index (χ4n) is 1.23. The summed E-state index contributed by atoms with van der Waals surface area (Å²) in [5.41, 5.74) is 3.12. The van der Waals surface area contributed by atoms with E-state index in [2.05, 4.69) is 11.2 Å². The lowest BCUT2D eigenvalue weighted by Gasteiger charge is -1.98. The van der Waals surface area contributed by atoms with E-state index in [1.807, 2.05) is 13.8 Å². The molecule has 0 amide bonds. The summed E-state index contributed by atoms with van der Waals surface area (Å²) in [6.07, 6.45) is 3.72. The summed E-state index contributed by atoms with van der Waals surface area (Å²) >= 11 is 0. The van der Waals surface area contributed by atoms with Crippen molar-refractivity contribution in [1.29, 1.82) is 0 Å². The number of carboxylic acid groups (broad SMARTS) is 1. The van der Waals surface area contributed by atoms with Crippen molar-refractivity contribution in [2.24, 2.45) is 0 Å². The molecule has 0 saturated heterocycles. The first-order valence-electron chi connectivity index (χ1n) is 3.88. The Morgan fingerprint density at radius 3 is 2.67 bits per heavy atom. The van der Waals surface area contributed by atoms with Gasteiger partial charge in [-0.15, -0.1) is 0 Å². The average molecular weight is 166 g/mol. The molecule has 0 spiro atoms. The third kappa shape index (κ3) is 1.87. The predicted octanol–water partition coefficient (Wildman–Crippen LogP) is 1.45. The molecular formula is C9H12NO2. The molecule has 12 heavy (non-hydrogen) atoms. The van der Waals surface area contributed by atoms with Gasteiger partial charge >= 0.3 is 5.97 Å². The number of carbonyl (C=O) groups is 1. The van der Waals surface area contributed by atoms with E-state index in [4.69, 9.17) is 5.11 Å². The van der Waals surface area contributed by atoms with Gasteiger partial charge in [0.2, 0.25) is 0 Å². The van der Waals surface area contributed by atoms with E-state index < -0.39 is 5.97 Å². The largest absolute Gasteiger partial charge is 0.481 e. The van der Waals surface area contributed by atoms with Crippen LogP contribution in [-0.4, -0.2) is 16.1 Å². The first-order valence-corrected chi connectivity index (χ1v) is 3.88. The van der Waals surface area contributed by atoms with Gasteiger partial charge in [0.15, 0.2) is 0 Å². The predicted molar refractivity (Wildman–Crippen MR) is 45.1 cm³/mol. The van der Waals surface area contributed by atoms with Crippen molar-refractivity contribution in [1.82, 2.24) is 4.98 Å². The van der Waals surface area contributed by atoms with Crippen molar-refractivity contribution in [2.75, 3.05) is 0 Å². The maximum absolute atomic E-state index is 10.3. The van der Waals surface area contributed by atoms with Crippen LogP contribution in [0, 0.1) is 20.0 Å². The van der Waals surface area contributed by atoms with Crippen molar-refractivity contribution in [3.8, 4) is 0 Å². The number of rotatable bonds is 3. The molecule has 0 saturated carbocycles. The summed E-state index contributed by atoms with van der Waals surface area (Å²) in [6.45, 7) is 3.86. The molecule has 1 radical (unpaired) electrons. The minimum atomic E-state index is -0.755. The van der Waals surface area contributed by atoms with Crippen LogP contribution >= 0.6 is 0 Å². The summed E-state index contributed by atoms with van der Waals surface area (Å²) in [7, 11) is 0. The van der Waals surface area contributed by atoms with Crippen LogP contribution in [0.25, 0.3) is 0 Å². The van der Waals surface area contributed by atoms with Crippen molar-refractivity contribution < 1.29 is 9.90 Å². The second-order valence-corrected chi connectivity index (χ2v) is 2.87. The third-order valence-electron chi connectivity index (χ3n) is 1.93. The van der Waals surface area contributed by atoms with Gasteiger partial charge in [0.25, 0.3) is 0 Å². The number of hydrogen-bond donors (Lipinski definition) is 2. The molecule has 0 aliphatic rings. The molecule has 0 unspecified atom stereocenters. The number of H-pyrrole nitrogens is 1. The Morgan fingerprint density at radius 1 is 1.58 bits per heavy atom. The monoisotopic (exact) mass is 166 g/mol. The molecule has 0 aliphatic carbocycles. The molecule has 1 heterocycles. The number of aromatic nitrogens is 1. The van der Waals surface area contributed by atoms with Crippen molar-refractivity contribution in [3.05, 3.63) is 23.0 Å². The van der Waals surface area contributed by atoms with Gasteiger partial charge in [-0.25, -0.2) is 0 Å². The van der Waals surface area contributed by atoms with E-state index in [-0.39, 0.29) is 6.42 Å². The lowest BCUT2D eigenvalue weighted by atomic mass is 10.1. The Hall–Kier alpha value is -1.25. The van der Waals surface area contributed by atoms with Gasteiger partial charge in [0.1, 0.15) is 0 Å². The molecule has 3 heteroatoms. The van der Waals surface area contributed by atoms with E-state index in [1.54, 1.807) is 0 Å². The average Bonchev–Trinajstić information content (AvgIpc) is 2.28. The van der Waals surface area contributed by atoms with Crippen molar-refractivity contribution in [2.45, 2.75) is 26.7 Å². The number of aliphatic carboxylic acids is 1. The number of carboxylic acids is 1. The fourth-order valence-corrected chi connectivity index (χ4v) is 1.23. The SMILES string of the molecule is Cc1[c][nH]c(C)c1CCC(=O)O. The number of aryl methyl sites for hydroxylation is 2. The Bertz CT molecular complexity index is 269. The first kappa shape index (κ1) is 8.84. The molecule has 2 N–H and O–H groups in total. The van der Waals surface area contributed by atoms with Crippen molar-refractivity contribution >= 4 is 5.97 Å². The third-order valence-corrected chi connectivity index (χ3v) is 1.93. The van der Waals surface area contributed by atoms with Crippen LogP contribution in [0.2, 0.25) is 0 Å². The molecule has 0 aliphatic heterocycles. The molecule has 0 aromatic carbocycles. The molecular weight excluding hydrogens is 154 g/mol. The topological polar surface area (TPSA) is 53.1 Å².